The number of rotatable bonds is 5. The minimum Gasteiger partial charge on any atom is -0.482 e. The number of hydrogen-bond donors (Lipinski definition) is 0. The molecule has 0 atom stereocenters. The minimum absolute atomic E-state index is 0.0555. The summed E-state index contributed by atoms with van der Waals surface area (Å²) in [5, 5.41) is 11.0. The van der Waals surface area contributed by atoms with Gasteiger partial charge in [-0.05, 0) is 46.3 Å². The molecule has 0 spiro atoms. The number of nitrogens with zero attached hydrogens (tertiary/aromatic N) is 1. The molecule has 2 aromatic carbocycles. The number of esters is 1. The first-order valence-corrected chi connectivity index (χ1v) is 7.16. The average molecular weight is 387 g/mol. The van der Waals surface area contributed by atoms with Gasteiger partial charge in [0.2, 0.25) is 0 Å². The van der Waals surface area contributed by atoms with E-state index in [1.807, 2.05) is 0 Å². The van der Waals surface area contributed by atoms with Gasteiger partial charge in [0.05, 0.1) is 9.40 Å². The summed E-state index contributed by atoms with van der Waals surface area (Å²) < 4.78 is 10.9. The molecule has 0 N–H and O–H groups in total. The lowest BCUT2D eigenvalue weighted by Crippen LogP contribution is -2.17. The van der Waals surface area contributed by atoms with Crippen molar-refractivity contribution in [2.75, 3.05) is 6.61 Å². The van der Waals surface area contributed by atoms with Gasteiger partial charge in [0.25, 0.3) is 5.69 Å². The number of halogens is 2. The number of nitro benzene ring substituents is 1. The summed E-state index contributed by atoms with van der Waals surface area (Å²) in [6, 6.07) is 10.1. The number of benzene rings is 2. The van der Waals surface area contributed by atoms with E-state index in [0.29, 0.717) is 21.0 Å². The van der Waals surface area contributed by atoms with Gasteiger partial charge >= 0.3 is 5.97 Å². The second-order valence-electron chi connectivity index (χ2n) is 4.09. The van der Waals surface area contributed by atoms with E-state index >= 15 is 0 Å². The van der Waals surface area contributed by atoms with Crippen molar-refractivity contribution >= 4 is 39.2 Å². The second-order valence-corrected chi connectivity index (χ2v) is 5.38. The van der Waals surface area contributed by atoms with Crippen molar-refractivity contribution in [2.45, 2.75) is 0 Å². The first kappa shape index (κ1) is 16.3. The molecule has 0 saturated carbocycles. The highest BCUT2D eigenvalue weighted by molar-refractivity contribution is 9.10. The first-order valence-electron chi connectivity index (χ1n) is 5.98. The molecule has 114 valence electrons. The molecule has 0 radical (unpaired) electrons. The maximum absolute atomic E-state index is 11.7. The summed E-state index contributed by atoms with van der Waals surface area (Å²) in [7, 11) is 0. The van der Waals surface area contributed by atoms with E-state index in [0.717, 1.165) is 0 Å². The molecule has 0 amide bonds. The van der Waals surface area contributed by atoms with Crippen LogP contribution < -0.4 is 9.47 Å². The summed E-state index contributed by atoms with van der Waals surface area (Å²) in [5.41, 5.74) is -0.0555. The van der Waals surface area contributed by atoms with E-state index in [-0.39, 0.29) is 12.3 Å². The zero-order valence-electron chi connectivity index (χ0n) is 11.0. The lowest BCUT2D eigenvalue weighted by Gasteiger charge is -2.08. The molecule has 0 bridgehead atoms. The maximum Gasteiger partial charge on any atom is 0.349 e. The topological polar surface area (TPSA) is 78.7 Å². The Hall–Kier alpha value is -2.12. The van der Waals surface area contributed by atoms with Gasteiger partial charge in [-0.25, -0.2) is 4.79 Å². The zero-order chi connectivity index (χ0) is 16.1. The molecule has 0 fully saturated rings. The lowest BCUT2D eigenvalue weighted by molar-refractivity contribution is -0.384. The maximum atomic E-state index is 11.7. The minimum atomic E-state index is -0.610. The number of non-ortho nitro benzene ring substituents is 1. The van der Waals surface area contributed by atoms with Crippen molar-refractivity contribution in [3.05, 3.63) is 62.1 Å². The predicted octanol–water partition coefficient (Wildman–Crippen LogP) is 4.00. The summed E-state index contributed by atoms with van der Waals surface area (Å²) >= 11 is 9.01. The molecule has 0 saturated heterocycles. The van der Waals surface area contributed by atoms with E-state index in [2.05, 4.69) is 15.9 Å². The van der Waals surface area contributed by atoms with Crippen LogP contribution in [0.1, 0.15) is 0 Å². The van der Waals surface area contributed by atoms with Crippen molar-refractivity contribution in [3.63, 3.8) is 0 Å². The molecular weight excluding hydrogens is 378 g/mol. The number of carbonyl (C=O) groups is 1. The molecule has 0 aliphatic rings. The summed E-state index contributed by atoms with van der Waals surface area (Å²) in [6.45, 7) is -0.327. The number of ether oxygens (including phenoxy) is 2. The molecule has 8 heteroatoms. The quantitative estimate of drug-likeness (QED) is 0.336. The predicted molar refractivity (Wildman–Crippen MR) is 83.4 cm³/mol. The van der Waals surface area contributed by atoms with Crippen LogP contribution in [0, 0.1) is 10.1 Å². The molecule has 0 heterocycles. The van der Waals surface area contributed by atoms with Crippen molar-refractivity contribution in [2.24, 2.45) is 0 Å². The highest BCUT2D eigenvalue weighted by Crippen LogP contribution is 2.28. The highest BCUT2D eigenvalue weighted by Gasteiger charge is 2.10. The molecule has 0 aliphatic carbocycles. The molecule has 2 aromatic rings. The Morgan fingerprint density at radius 2 is 1.91 bits per heavy atom. The van der Waals surface area contributed by atoms with E-state index < -0.39 is 10.9 Å². The van der Waals surface area contributed by atoms with E-state index in [9.17, 15) is 14.9 Å². The van der Waals surface area contributed by atoms with Gasteiger partial charge in [-0.3, -0.25) is 10.1 Å². The number of nitro groups is 1. The van der Waals surface area contributed by atoms with Gasteiger partial charge in [-0.1, -0.05) is 11.6 Å². The molecule has 0 aromatic heterocycles. The third-order valence-electron chi connectivity index (χ3n) is 2.52. The standard InChI is InChI=1S/C14H9BrClNO5/c15-12-7-9(16)1-6-13(12)22-14(18)8-21-11-4-2-10(3-5-11)17(19)20/h1-7H,8H2. The van der Waals surface area contributed by atoms with Crippen molar-refractivity contribution in [3.8, 4) is 11.5 Å². The van der Waals surface area contributed by atoms with Crippen molar-refractivity contribution in [1.29, 1.82) is 0 Å². The second kappa shape index (κ2) is 7.24. The molecular formula is C14H9BrClNO5. The largest absolute Gasteiger partial charge is 0.482 e. The van der Waals surface area contributed by atoms with Gasteiger partial charge < -0.3 is 9.47 Å². The van der Waals surface area contributed by atoms with E-state index in [1.54, 1.807) is 18.2 Å². The smallest absolute Gasteiger partial charge is 0.349 e. The fourth-order valence-corrected chi connectivity index (χ4v) is 2.28. The zero-order valence-corrected chi connectivity index (χ0v) is 13.3. The third-order valence-corrected chi connectivity index (χ3v) is 3.38. The lowest BCUT2D eigenvalue weighted by atomic mass is 10.3. The normalized spacial score (nSPS) is 10.1. The van der Waals surface area contributed by atoms with Crippen LogP contribution in [0.25, 0.3) is 0 Å². The molecule has 0 unspecified atom stereocenters. The van der Waals surface area contributed by atoms with Crippen LogP contribution in [0.3, 0.4) is 0 Å². The summed E-state index contributed by atoms with van der Waals surface area (Å²) in [5.74, 6) is 0.0424. The van der Waals surface area contributed by atoms with Crippen LogP contribution in [-0.4, -0.2) is 17.5 Å². The van der Waals surface area contributed by atoms with Gasteiger partial charge in [0.15, 0.2) is 6.61 Å². The van der Waals surface area contributed by atoms with Gasteiger partial charge in [-0.15, -0.1) is 0 Å². The Kier molecular flexibility index (Phi) is 5.35. The van der Waals surface area contributed by atoms with Gasteiger partial charge in [-0.2, -0.15) is 0 Å². The average Bonchev–Trinajstić information content (AvgIpc) is 2.48. The summed E-state index contributed by atoms with van der Waals surface area (Å²) in [4.78, 5) is 21.7. The number of hydrogen-bond acceptors (Lipinski definition) is 5. The van der Waals surface area contributed by atoms with Crippen LogP contribution >= 0.6 is 27.5 Å². The van der Waals surface area contributed by atoms with Crippen LogP contribution in [-0.2, 0) is 4.79 Å². The Bertz CT molecular complexity index is 705. The van der Waals surface area contributed by atoms with Crippen LogP contribution in [0.2, 0.25) is 5.02 Å². The van der Waals surface area contributed by atoms with Crippen LogP contribution in [0.15, 0.2) is 46.9 Å². The Morgan fingerprint density at radius 3 is 2.50 bits per heavy atom. The molecule has 22 heavy (non-hydrogen) atoms. The van der Waals surface area contributed by atoms with E-state index in [1.165, 1.54) is 24.3 Å². The summed E-state index contributed by atoms with van der Waals surface area (Å²) in [6.07, 6.45) is 0. The highest BCUT2D eigenvalue weighted by atomic mass is 79.9. The fourth-order valence-electron chi connectivity index (χ4n) is 1.52. The molecule has 6 nitrogen and oxygen atoms in total. The Labute approximate surface area is 138 Å². The van der Waals surface area contributed by atoms with Crippen molar-refractivity contribution < 1.29 is 19.2 Å². The van der Waals surface area contributed by atoms with Gasteiger partial charge in [0.1, 0.15) is 11.5 Å². The van der Waals surface area contributed by atoms with Gasteiger partial charge in [0, 0.05) is 17.2 Å². The monoisotopic (exact) mass is 385 g/mol. The molecule has 2 rings (SSSR count). The van der Waals surface area contributed by atoms with Crippen molar-refractivity contribution in [1.82, 2.24) is 0 Å². The van der Waals surface area contributed by atoms with E-state index in [4.69, 9.17) is 21.1 Å². The Morgan fingerprint density at radius 1 is 1.23 bits per heavy atom. The molecule has 0 aliphatic heterocycles. The third kappa shape index (κ3) is 4.44. The number of carbonyl (C=O) groups excluding carboxylic acids is 1. The SMILES string of the molecule is O=C(COc1ccc([N+](=O)[O-])cc1)Oc1ccc(Cl)cc1Br. The first-order chi connectivity index (χ1) is 10.5. The van der Waals surface area contributed by atoms with Crippen LogP contribution in [0.4, 0.5) is 5.69 Å². The van der Waals surface area contributed by atoms with Crippen LogP contribution in [0.5, 0.6) is 11.5 Å². The fraction of sp³-hybridized carbons (Fsp3) is 0.0714. The Balaban J connectivity index is 1.91.